The average molecular weight is 260 g/mol. The summed E-state index contributed by atoms with van der Waals surface area (Å²) in [6.45, 7) is 5.57. The molecular formula is C17H28N2. The first-order valence-corrected chi connectivity index (χ1v) is 7.84. The molecule has 0 aromatic heterocycles. The SMILES string of the molecule is CCC1CCCN(C(CCN)c2ccccc2)CC1. The first-order chi connectivity index (χ1) is 9.35. The van der Waals surface area contributed by atoms with Gasteiger partial charge in [0.05, 0.1) is 0 Å². The number of hydrogen-bond acceptors (Lipinski definition) is 2. The summed E-state index contributed by atoms with van der Waals surface area (Å²) in [7, 11) is 0. The predicted molar refractivity (Wildman–Crippen MR) is 82.1 cm³/mol. The summed E-state index contributed by atoms with van der Waals surface area (Å²) in [6, 6.07) is 11.4. The van der Waals surface area contributed by atoms with Gasteiger partial charge in [-0.15, -0.1) is 0 Å². The van der Waals surface area contributed by atoms with E-state index in [1.165, 1.54) is 44.3 Å². The molecule has 2 unspecified atom stereocenters. The van der Waals surface area contributed by atoms with Crippen molar-refractivity contribution in [1.82, 2.24) is 4.90 Å². The van der Waals surface area contributed by atoms with Gasteiger partial charge in [-0.1, -0.05) is 43.7 Å². The summed E-state index contributed by atoms with van der Waals surface area (Å²) in [5, 5.41) is 0. The van der Waals surface area contributed by atoms with E-state index in [9.17, 15) is 0 Å². The van der Waals surface area contributed by atoms with Gasteiger partial charge in [-0.25, -0.2) is 0 Å². The Morgan fingerprint density at radius 3 is 2.68 bits per heavy atom. The Bertz CT molecular complexity index is 350. The zero-order valence-corrected chi connectivity index (χ0v) is 12.2. The van der Waals surface area contributed by atoms with Gasteiger partial charge in [-0.05, 0) is 56.8 Å². The van der Waals surface area contributed by atoms with Gasteiger partial charge < -0.3 is 5.73 Å². The van der Waals surface area contributed by atoms with E-state index in [0.29, 0.717) is 6.04 Å². The van der Waals surface area contributed by atoms with Gasteiger partial charge in [0.2, 0.25) is 0 Å². The molecule has 2 nitrogen and oxygen atoms in total. The Morgan fingerprint density at radius 1 is 1.21 bits per heavy atom. The highest BCUT2D eigenvalue weighted by atomic mass is 15.2. The van der Waals surface area contributed by atoms with Gasteiger partial charge in [-0.3, -0.25) is 4.90 Å². The largest absolute Gasteiger partial charge is 0.330 e. The lowest BCUT2D eigenvalue weighted by molar-refractivity contribution is 0.194. The van der Waals surface area contributed by atoms with Gasteiger partial charge in [0.1, 0.15) is 0 Å². The third-order valence-electron chi connectivity index (χ3n) is 4.52. The van der Waals surface area contributed by atoms with Crippen LogP contribution in [0.25, 0.3) is 0 Å². The van der Waals surface area contributed by atoms with E-state index in [1.807, 2.05) is 0 Å². The normalized spacial score (nSPS) is 22.9. The van der Waals surface area contributed by atoms with Crippen molar-refractivity contribution in [1.29, 1.82) is 0 Å². The Kier molecular flexibility index (Phi) is 5.87. The van der Waals surface area contributed by atoms with E-state index in [0.717, 1.165) is 18.9 Å². The lowest BCUT2D eigenvalue weighted by Gasteiger charge is -2.31. The van der Waals surface area contributed by atoms with E-state index in [-0.39, 0.29) is 0 Å². The van der Waals surface area contributed by atoms with Gasteiger partial charge in [0, 0.05) is 6.04 Å². The summed E-state index contributed by atoms with van der Waals surface area (Å²) < 4.78 is 0. The van der Waals surface area contributed by atoms with Gasteiger partial charge in [-0.2, -0.15) is 0 Å². The zero-order valence-electron chi connectivity index (χ0n) is 12.2. The first-order valence-electron chi connectivity index (χ1n) is 7.84. The molecule has 106 valence electrons. The van der Waals surface area contributed by atoms with Crippen LogP contribution in [0.4, 0.5) is 0 Å². The third-order valence-corrected chi connectivity index (χ3v) is 4.52. The van der Waals surface area contributed by atoms with E-state index >= 15 is 0 Å². The Hall–Kier alpha value is -0.860. The fourth-order valence-corrected chi connectivity index (χ4v) is 3.30. The molecule has 1 aliphatic rings. The van der Waals surface area contributed by atoms with Crippen LogP contribution in [-0.4, -0.2) is 24.5 Å². The standard InChI is InChI=1S/C17H28N2/c1-2-15-7-6-13-19(14-11-15)17(10-12-18)16-8-4-3-5-9-16/h3-5,8-9,15,17H,2,6-7,10-14,18H2,1H3. The Balaban J connectivity index is 2.06. The van der Waals surface area contributed by atoms with Crippen LogP contribution in [0, 0.1) is 5.92 Å². The molecule has 0 radical (unpaired) electrons. The van der Waals surface area contributed by atoms with Gasteiger partial charge >= 0.3 is 0 Å². The fourth-order valence-electron chi connectivity index (χ4n) is 3.30. The van der Waals surface area contributed by atoms with Crippen LogP contribution in [0.3, 0.4) is 0 Å². The van der Waals surface area contributed by atoms with Crippen LogP contribution >= 0.6 is 0 Å². The summed E-state index contributed by atoms with van der Waals surface area (Å²) >= 11 is 0. The molecule has 1 saturated heterocycles. The minimum absolute atomic E-state index is 0.516. The van der Waals surface area contributed by atoms with Crippen molar-refractivity contribution in [2.45, 2.75) is 45.1 Å². The molecule has 2 heteroatoms. The molecule has 0 amide bonds. The molecule has 0 bridgehead atoms. The highest BCUT2D eigenvalue weighted by molar-refractivity contribution is 5.19. The number of hydrogen-bond donors (Lipinski definition) is 1. The highest BCUT2D eigenvalue weighted by Crippen LogP contribution is 2.29. The molecule has 0 saturated carbocycles. The van der Waals surface area contributed by atoms with Gasteiger partial charge in [0.25, 0.3) is 0 Å². The molecule has 0 aliphatic carbocycles. The minimum atomic E-state index is 0.516. The molecule has 1 fully saturated rings. The van der Waals surface area contributed by atoms with Crippen molar-refractivity contribution in [2.24, 2.45) is 11.7 Å². The highest BCUT2D eigenvalue weighted by Gasteiger charge is 2.23. The Labute approximate surface area is 118 Å². The third kappa shape index (κ3) is 4.05. The second kappa shape index (κ2) is 7.66. The van der Waals surface area contributed by atoms with Crippen molar-refractivity contribution in [2.75, 3.05) is 19.6 Å². The molecule has 2 rings (SSSR count). The van der Waals surface area contributed by atoms with Crippen LogP contribution in [0.5, 0.6) is 0 Å². The maximum Gasteiger partial charge on any atom is 0.0360 e. The summed E-state index contributed by atoms with van der Waals surface area (Å²) in [5.41, 5.74) is 7.27. The maximum absolute atomic E-state index is 5.84. The second-order valence-electron chi connectivity index (χ2n) is 5.74. The van der Waals surface area contributed by atoms with Crippen LogP contribution in [-0.2, 0) is 0 Å². The van der Waals surface area contributed by atoms with Crippen LogP contribution in [0.1, 0.15) is 50.6 Å². The zero-order chi connectivity index (χ0) is 13.5. The first kappa shape index (κ1) is 14.5. The predicted octanol–water partition coefficient (Wildman–Crippen LogP) is 3.59. The topological polar surface area (TPSA) is 29.3 Å². The van der Waals surface area contributed by atoms with E-state index in [1.54, 1.807) is 0 Å². The van der Waals surface area contributed by atoms with E-state index in [2.05, 4.69) is 42.2 Å². The molecule has 2 N–H and O–H groups in total. The van der Waals surface area contributed by atoms with Crippen molar-refractivity contribution in [3.8, 4) is 0 Å². The fraction of sp³-hybridized carbons (Fsp3) is 0.647. The van der Waals surface area contributed by atoms with Gasteiger partial charge in [0.15, 0.2) is 0 Å². The van der Waals surface area contributed by atoms with Crippen molar-refractivity contribution >= 4 is 0 Å². The molecule has 2 atom stereocenters. The van der Waals surface area contributed by atoms with Crippen molar-refractivity contribution in [3.63, 3.8) is 0 Å². The average Bonchev–Trinajstić information content (AvgIpc) is 2.71. The number of nitrogens with zero attached hydrogens (tertiary/aromatic N) is 1. The van der Waals surface area contributed by atoms with Crippen LogP contribution in [0.2, 0.25) is 0 Å². The summed E-state index contributed by atoms with van der Waals surface area (Å²) in [4.78, 5) is 2.66. The lowest BCUT2D eigenvalue weighted by Crippen LogP contribution is -2.31. The molecule has 1 aromatic carbocycles. The Morgan fingerprint density at radius 2 is 2.00 bits per heavy atom. The quantitative estimate of drug-likeness (QED) is 0.876. The molecular weight excluding hydrogens is 232 g/mol. The van der Waals surface area contributed by atoms with E-state index < -0.39 is 0 Å². The number of rotatable bonds is 5. The van der Waals surface area contributed by atoms with Crippen LogP contribution in [0.15, 0.2) is 30.3 Å². The molecule has 1 aliphatic heterocycles. The molecule has 0 spiro atoms. The summed E-state index contributed by atoms with van der Waals surface area (Å²) in [6.07, 6.45) is 6.50. The smallest absolute Gasteiger partial charge is 0.0360 e. The minimum Gasteiger partial charge on any atom is -0.330 e. The monoisotopic (exact) mass is 260 g/mol. The lowest BCUT2D eigenvalue weighted by atomic mass is 9.98. The number of likely N-dealkylation sites (tertiary alicyclic amines) is 1. The van der Waals surface area contributed by atoms with E-state index in [4.69, 9.17) is 5.73 Å². The molecule has 1 heterocycles. The molecule has 1 aromatic rings. The second-order valence-corrected chi connectivity index (χ2v) is 5.74. The van der Waals surface area contributed by atoms with Crippen molar-refractivity contribution in [3.05, 3.63) is 35.9 Å². The van der Waals surface area contributed by atoms with Crippen molar-refractivity contribution < 1.29 is 0 Å². The summed E-state index contributed by atoms with van der Waals surface area (Å²) in [5.74, 6) is 0.930. The number of benzene rings is 1. The maximum atomic E-state index is 5.84. The van der Waals surface area contributed by atoms with Crippen LogP contribution < -0.4 is 5.73 Å². The number of nitrogens with two attached hydrogens (primary N) is 1. The molecule has 19 heavy (non-hydrogen) atoms.